The number of nitro groups is 2. The van der Waals surface area contributed by atoms with Gasteiger partial charge in [-0.3, -0.25) is 34.7 Å². The van der Waals surface area contributed by atoms with E-state index in [1.165, 1.54) is 34.9 Å². The first kappa shape index (κ1) is 49.7. The molecule has 74 heavy (non-hydrogen) atoms. The van der Waals surface area contributed by atoms with Crippen LogP contribution in [-0.4, -0.2) is 78.1 Å². The first-order valence-corrected chi connectivity index (χ1v) is 24.6. The van der Waals surface area contributed by atoms with E-state index < -0.39 is 80.4 Å². The zero-order chi connectivity index (χ0) is 51.8. The van der Waals surface area contributed by atoms with Gasteiger partial charge in [-0.1, -0.05) is 163 Å². The molecule has 2 atom stereocenters. The van der Waals surface area contributed by atoms with Gasteiger partial charge in [-0.25, -0.2) is 14.6 Å². The lowest BCUT2D eigenvalue weighted by atomic mass is 9.77. The number of carboxylic acids is 1. The predicted octanol–water partition coefficient (Wildman–Crippen LogP) is 8.87. The predicted molar refractivity (Wildman–Crippen MR) is 277 cm³/mol. The van der Waals surface area contributed by atoms with Crippen molar-refractivity contribution in [3.8, 4) is 0 Å². The number of hydrogen-bond acceptors (Lipinski definition) is 15. The molecule has 9 rings (SSSR count). The van der Waals surface area contributed by atoms with Gasteiger partial charge in [0.15, 0.2) is 16.9 Å². The third kappa shape index (κ3) is 10.4. The summed E-state index contributed by atoms with van der Waals surface area (Å²) in [6, 6.07) is 48.9. The quantitative estimate of drug-likeness (QED) is 0.0171. The van der Waals surface area contributed by atoms with Crippen molar-refractivity contribution >= 4 is 75.1 Å². The van der Waals surface area contributed by atoms with Gasteiger partial charge in [0.25, 0.3) is 23.2 Å². The van der Waals surface area contributed by atoms with Crippen molar-refractivity contribution in [1.29, 1.82) is 0 Å². The second kappa shape index (κ2) is 22.0. The molecule has 2 aliphatic rings. The molecule has 0 spiro atoms. The number of hydrogen-bond donors (Lipinski definition) is 3. The van der Waals surface area contributed by atoms with Gasteiger partial charge in [0.2, 0.25) is 6.61 Å². The van der Waals surface area contributed by atoms with Crippen molar-refractivity contribution in [1.82, 2.24) is 15.2 Å². The number of thiazole rings is 1. The Bertz CT molecular complexity index is 3210. The Balaban J connectivity index is 1.04. The number of anilines is 1. The second-order valence-corrected chi connectivity index (χ2v) is 18.5. The molecule has 0 saturated carbocycles. The number of carbonyl (C=O) groups excluding carboxylic acids is 3. The van der Waals surface area contributed by atoms with E-state index in [0.717, 1.165) is 40.2 Å². The number of aliphatic carboxylic acids is 1. The first-order chi connectivity index (χ1) is 35.9. The molecule has 2 amide bonds. The fourth-order valence-electron chi connectivity index (χ4n) is 8.59. The summed E-state index contributed by atoms with van der Waals surface area (Å²) in [4.78, 5) is 88.2. The maximum absolute atomic E-state index is 14.7. The lowest BCUT2D eigenvalue weighted by molar-refractivity contribution is -0.394. The maximum atomic E-state index is 14.7. The number of carboxylic acid groups (broad SMARTS) is 1. The van der Waals surface area contributed by atoms with E-state index in [2.05, 4.69) is 15.8 Å². The number of β-lactam (4-membered cyclic amide) rings is 1. The summed E-state index contributed by atoms with van der Waals surface area (Å²) >= 11 is 2.32. The molecule has 1 unspecified atom stereocenters. The van der Waals surface area contributed by atoms with Crippen LogP contribution in [0.2, 0.25) is 0 Å². The Morgan fingerprint density at radius 3 is 1.88 bits per heavy atom. The van der Waals surface area contributed by atoms with Crippen LogP contribution in [0, 0.1) is 20.2 Å². The topological polar surface area (TPSA) is 246 Å². The second-order valence-electron chi connectivity index (χ2n) is 16.6. The van der Waals surface area contributed by atoms with Crippen molar-refractivity contribution in [3.05, 3.63) is 252 Å². The number of amides is 2. The molecule has 0 radical (unpaired) electrons. The third-order valence-corrected chi connectivity index (χ3v) is 14.1. The van der Waals surface area contributed by atoms with E-state index in [-0.39, 0.29) is 28.3 Å². The number of aromatic nitrogens is 1. The number of allylic oxidation sites excluding steroid dienone is 1. The lowest BCUT2D eigenvalue weighted by Gasteiger charge is -2.49. The van der Waals surface area contributed by atoms with Gasteiger partial charge >= 0.3 is 11.9 Å². The number of nitrogens with zero attached hydrogens (tertiary/aromatic N) is 5. The van der Waals surface area contributed by atoms with Gasteiger partial charge in [-0.2, -0.15) is 0 Å². The highest BCUT2D eigenvalue weighted by Crippen LogP contribution is 2.44. The minimum Gasteiger partial charge on any atom is -0.479 e. The molecule has 1 aromatic heterocycles. The molecule has 6 aromatic carbocycles. The number of nitro benzene ring substituents is 2. The van der Waals surface area contributed by atoms with E-state index in [9.17, 15) is 44.5 Å². The Labute approximate surface area is 430 Å². The number of oxime groups is 1. The van der Waals surface area contributed by atoms with Crippen LogP contribution in [0.15, 0.2) is 198 Å². The van der Waals surface area contributed by atoms with Crippen LogP contribution in [0.4, 0.5) is 16.5 Å². The average molecular weight is 1030 g/mol. The molecule has 0 bridgehead atoms. The molecule has 7 aromatic rings. The summed E-state index contributed by atoms with van der Waals surface area (Å²) in [7, 11) is 0. The summed E-state index contributed by atoms with van der Waals surface area (Å²) in [5.74, 6) is -3.93. The number of thioether (sulfide) groups is 1. The highest BCUT2D eigenvalue weighted by Gasteiger charge is 2.55. The number of rotatable bonds is 19. The van der Waals surface area contributed by atoms with Gasteiger partial charge in [0.1, 0.15) is 28.3 Å². The summed E-state index contributed by atoms with van der Waals surface area (Å²) in [5.41, 5.74) is 1.39. The zero-order valence-electron chi connectivity index (χ0n) is 38.6. The molecule has 3 heterocycles. The van der Waals surface area contributed by atoms with Gasteiger partial charge in [0.05, 0.1) is 21.5 Å². The van der Waals surface area contributed by atoms with Crippen LogP contribution in [0.3, 0.4) is 0 Å². The van der Waals surface area contributed by atoms with E-state index in [1.54, 1.807) is 66.0 Å². The van der Waals surface area contributed by atoms with Crippen molar-refractivity contribution < 1.29 is 43.7 Å². The molecule has 0 aliphatic carbocycles. The molecular formula is C54H41N7O11S2. The normalized spacial score (nSPS) is 15.5. The van der Waals surface area contributed by atoms with Crippen LogP contribution in [0.25, 0.3) is 6.08 Å². The van der Waals surface area contributed by atoms with Crippen LogP contribution < -0.4 is 10.6 Å². The van der Waals surface area contributed by atoms with E-state index >= 15 is 0 Å². The monoisotopic (exact) mass is 1030 g/mol. The van der Waals surface area contributed by atoms with Crippen LogP contribution >= 0.6 is 23.1 Å². The third-order valence-electron chi connectivity index (χ3n) is 12.0. The largest absolute Gasteiger partial charge is 0.479 e. The number of fused-ring (bicyclic) bond motifs is 1. The molecule has 18 nitrogen and oxygen atoms in total. The molecule has 20 heteroatoms. The maximum Gasteiger partial charge on any atom is 0.356 e. The Kier molecular flexibility index (Phi) is 14.8. The van der Waals surface area contributed by atoms with Crippen molar-refractivity contribution in [2.45, 2.75) is 23.1 Å². The molecule has 1 saturated heterocycles. The van der Waals surface area contributed by atoms with E-state index in [1.807, 2.05) is 91.0 Å². The SMILES string of the molecule is O=C(O)CO/N=C(\C(=O)NC1C(=O)N2C(C(=O)OC(c3ccccc3)c3ccccc3)=C(/C=C/c3ccc([N+](=O)[O-])cc3[N+](=O)[O-])CS[C@H]12)c1csc(NC(c2ccccc2)(c2ccccc2)c2ccccc2)n1. The average Bonchev–Trinajstić information content (AvgIpc) is 3.90. The van der Waals surface area contributed by atoms with Gasteiger partial charge < -0.3 is 25.3 Å². The fraction of sp³-hybridized carbons (Fsp3) is 0.111. The van der Waals surface area contributed by atoms with Crippen molar-refractivity contribution in [2.75, 3.05) is 17.7 Å². The number of carbonyl (C=O) groups is 4. The Morgan fingerprint density at radius 2 is 1.35 bits per heavy atom. The fourth-order valence-corrected chi connectivity index (χ4v) is 10.7. The standard InChI is InChI=1S/C54H41N7O11S2/c62-44(63)31-71-58-45(42-33-74-53(55-42)57-54(38-20-10-3-11-21-38,39-22-12-4-13-23-39)40-24-14-5-15-25-40)49(64)56-46-50(65)59-47(52(66)72-48(35-16-6-1-7-17-35)36-18-8-2-9-19-36)37(32-73-51(46)59)27-26-34-28-29-41(60(67)68)30-43(34)61(69)70/h1-30,33,46,48,51H,31-32H2,(H,55,57)(H,56,64)(H,62,63)/b27-26+,58-45-/t46?,51-/m1/s1. The number of non-ortho nitro benzene ring substituents is 1. The molecule has 2 aliphatic heterocycles. The van der Waals surface area contributed by atoms with E-state index in [4.69, 9.17) is 14.6 Å². The highest BCUT2D eigenvalue weighted by molar-refractivity contribution is 8.00. The van der Waals surface area contributed by atoms with Crippen molar-refractivity contribution in [3.63, 3.8) is 0 Å². The summed E-state index contributed by atoms with van der Waals surface area (Å²) < 4.78 is 6.25. The van der Waals surface area contributed by atoms with Crippen molar-refractivity contribution in [2.24, 2.45) is 5.16 Å². The summed E-state index contributed by atoms with van der Waals surface area (Å²) in [6.07, 6.45) is 1.79. The molecule has 370 valence electrons. The van der Waals surface area contributed by atoms with Crippen LogP contribution in [-0.2, 0) is 34.3 Å². The number of nitrogens with one attached hydrogen (secondary N) is 2. The zero-order valence-corrected chi connectivity index (χ0v) is 40.3. The summed E-state index contributed by atoms with van der Waals surface area (Å²) in [5, 5.41) is 44.2. The van der Waals surface area contributed by atoms with Gasteiger partial charge in [-0.05, 0) is 45.5 Å². The minimum atomic E-state index is -1.36. The minimum absolute atomic E-state index is 0.00631. The number of esters is 1. The van der Waals surface area contributed by atoms with Gasteiger partial charge in [-0.15, -0.1) is 23.1 Å². The molecule has 1 fully saturated rings. The number of benzene rings is 6. The molecule has 3 N–H and O–H groups in total. The van der Waals surface area contributed by atoms with Crippen LogP contribution in [0.1, 0.15) is 45.2 Å². The highest BCUT2D eigenvalue weighted by atomic mass is 32.2. The smallest absolute Gasteiger partial charge is 0.356 e. The lowest BCUT2D eigenvalue weighted by Crippen LogP contribution is -2.71. The molecular weight excluding hydrogens is 987 g/mol. The first-order valence-electron chi connectivity index (χ1n) is 22.7. The summed E-state index contributed by atoms with van der Waals surface area (Å²) in [6.45, 7) is -0.900. The van der Waals surface area contributed by atoms with E-state index in [0.29, 0.717) is 16.3 Å². The van der Waals surface area contributed by atoms with Crippen LogP contribution in [0.5, 0.6) is 0 Å². The Hall–Kier alpha value is -9.27. The Morgan fingerprint density at radius 1 is 0.797 bits per heavy atom. The van der Waals surface area contributed by atoms with Gasteiger partial charge in [0, 0.05) is 17.2 Å². The number of ether oxygens (including phenoxy) is 1.